The number of amides is 4. The van der Waals surface area contributed by atoms with Crippen LogP contribution >= 0.6 is 0 Å². The van der Waals surface area contributed by atoms with Crippen molar-refractivity contribution in [2.75, 3.05) is 52.8 Å². The molecule has 4 amide bonds. The Kier molecular flexibility index (Phi) is 25.4. The van der Waals surface area contributed by atoms with Crippen LogP contribution in [0.1, 0.15) is 67.2 Å². The molecular formula is C55H66N8O19. The van der Waals surface area contributed by atoms with Gasteiger partial charge in [0.05, 0.1) is 34.2 Å². The standard InChI is InChI=1S/C55H66N8O19/c1-80-37-11-15-44(64)33(20-37)26-56-29-55(30-57-27-34-21-38(81-2)12-16-45(34)65,31-58-28-35-22-39(82-3)13-17-46(35)66)25-32-7-9-36(10-8-32)60-43(24-49(71)72)51(74)61-42(23-48(69)70)50(73)59-19-5-4-6-40(52(75)76)62-54(79)63-41(53(77)78)14-18-47(67)68/h7-13,15-17,20-22,26-28,40-43,60,64-66H,4-6,14,18-19,23-25,29-31H2,1-3H3,(H,59,73)(H,61,74)(H,67,68)(H,69,70)(H,71,72)(H,75,76)(H,77,78)(H2,62,63,79). The minimum Gasteiger partial charge on any atom is -0.507 e. The van der Waals surface area contributed by atoms with Crippen molar-refractivity contribution in [3.05, 3.63) is 101 Å². The number of aliphatic carboxylic acids is 5. The number of carboxylic acid groups (broad SMARTS) is 5. The first-order chi connectivity index (χ1) is 39.0. The number of benzene rings is 4. The van der Waals surface area contributed by atoms with E-state index in [1.807, 2.05) is 5.32 Å². The lowest BCUT2D eigenvalue weighted by Crippen LogP contribution is -2.52. The molecule has 27 nitrogen and oxygen atoms in total. The molecule has 0 heterocycles. The fourth-order valence-electron chi connectivity index (χ4n) is 7.96. The Labute approximate surface area is 469 Å². The summed E-state index contributed by atoms with van der Waals surface area (Å²) in [4.78, 5) is 112. The average molecular weight is 1140 g/mol. The summed E-state index contributed by atoms with van der Waals surface area (Å²) in [7, 11) is 4.42. The molecule has 27 heteroatoms. The number of rotatable bonds is 35. The van der Waals surface area contributed by atoms with Gasteiger partial charge in [-0.2, -0.15) is 0 Å². The number of carbonyl (C=O) groups excluding carboxylic acids is 3. The maximum absolute atomic E-state index is 13.7. The number of carbonyl (C=O) groups is 8. The maximum atomic E-state index is 13.7. The number of nitrogens with one attached hydrogen (secondary N) is 5. The summed E-state index contributed by atoms with van der Waals surface area (Å²) in [5, 5.41) is 90.9. The zero-order valence-electron chi connectivity index (χ0n) is 44.9. The highest BCUT2D eigenvalue weighted by Gasteiger charge is 2.32. The highest BCUT2D eigenvalue weighted by Crippen LogP contribution is 2.30. The quantitative estimate of drug-likeness (QED) is 0.0232. The number of anilines is 1. The first-order valence-corrected chi connectivity index (χ1v) is 25.3. The minimum absolute atomic E-state index is 0.0268. The molecule has 4 unspecified atom stereocenters. The number of hydrogen-bond acceptors (Lipinski definition) is 18. The van der Waals surface area contributed by atoms with Gasteiger partial charge in [0.15, 0.2) is 0 Å². The van der Waals surface area contributed by atoms with Gasteiger partial charge in [0, 0.05) is 79.0 Å². The first kappa shape index (κ1) is 64.6. The van der Waals surface area contributed by atoms with E-state index >= 15 is 0 Å². The molecule has 4 rings (SSSR count). The van der Waals surface area contributed by atoms with E-state index in [2.05, 4.69) is 21.3 Å². The second kappa shape index (κ2) is 32.2. The van der Waals surface area contributed by atoms with Gasteiger partial charge in [0.25, 0.3) is 0 Å². The van der Waals surface area contributed by atoms with Crippen molar-refractivity contribution in [2.45, 2.75) is 75.5 Å². The monoisotopic (exact) mass is 1140 g/mol. The van der Waals surface area contributed by atoms with E-state index in [4.69, 9.17) is 34.3 Å². The molecule has 0 spiro atoms. The van der Waals surface area contributed by atoms with Gasteiger partial charge < -0.3 is 81.6 Å². The second-order valence-corrected chi connectivity index (χ2v) is 18.6. The molecule has 0 aromatic heterocycles. The van der Waals surface area contributed by atoms with Gasteiger partial charge in [0.1, 0.15) is 58.7 Å². The van der Waals surface area contributed by atoms with Crippen molar-refractivity contribution >= 4 is 72.0 Å². The number of aliphatic imine (C=N–C) groups is 3. The third kappa shape index (κ3) is 21.7. The summed E-state index contributed by atoms with van der Waals surface area (Å²) in [5.41, 5.74) is 0.956. The molecule has 440 valence electrons. The number of phenolic OH excluding ortho intramolecular Hbond substituents is 3. The van der Waals surface area contributed by atoms with Gasteiger partial charge in [-0.15, -0.1) is 0 Å². The molecule has 4 atom stereocenters. The fourth-order valence-corrected chi connectivity index (χ4v) is 7.96. The van der Waals surface area contributed by atoms with Crippen molar-refractivity contribution in [1.29, 1.82) is 0 Å². The molecule has 13 N–H and O–H groups in total. The Bertz CT molecular complexity index is 2810. The van der Waals surface area contributed by atoms with Gasteiger partial charge in [-0.3, -0.25) is 38.9 Å². The lowest BCUT2D eigenvalue weighted by molar-refractivity contribution is -0.142. The highest BCUT2D eigenvalue weighted by atomic mass is 16.5. The smallest absolute Gasteiger partial charge is 0.326 e. The van der Waals surface area contributed by atoms with Crippen LogP contribution in [0.25, 0.3) is 0 Å². The SMILES string of the molecule is COc1ccc(O)c(C=NCC(CN=Cc2cc(OC)ccc2O)(CN=Cc2cc(OC)ccc2O)Cc2ccc(NC(CC(=O)O)C(=O)NC(CC(=O)O)C(=O)NCCCCC(NC(=O)NC(CCC(=O)O)C(=O)O)C(=O)O)cc2)c1. The topological polar surface area (TPSA) is 423 Å². The maximum Gasteiger partial charge on any atom is 0.326 e. The van der Waals surface area contributed by atoms with Gasteiger partial charge in [-0.1, -0.05) is 12.1 Å². The molecule has 0 aliphatic carbocycles. The summed E-state index contributed by atoms with van der Waals surface area (Å²) >= 11 is 0. The summed E-state index contributed by atoms with van der Waals surface area (Å²) in [6.45, 7) is -0.0875. The minimum atomic E-state index is -1.71. The van der Waals surface area contributed by atoms with E-state index in [0.29, 0.717) is 39.5 Å². The van der Waals surface area contributed by atoms with Crippen molar-refractivity contribution in [3.63, 3.8) is 0 Å². The number of ether oxygens (including phenoxy) is 3. The van der Waals surface area contributed by atoms with Crippen LogP contribution in [0.2, 0.25) is 0 Å². The summed E-state index contributed by atoms with van der Waals surface area (Å²) in [6.07, 6.45) is 1.73. The number of methoxy groups -OCH3 is 3. The number of aromatic hydroxyl groups is 3. The molecule has 4 aromatic carbocycles. The van der Waals surface area contributed by atoms with E-state index in [0.717, 1.165) is 0 Å². The van der Waals surface area contributed by atoms with Crippen LogP contribution < -0.4 is 40.8 Å². The van der Waals surface area contributed by atoms with Crippen LogP contribution in [-0.4, -0.2) is 179 Å². The first-order valence-electron chi connectivity index (χ1n) is 25.3. The number of carboxylic acids is 5. The Hall–Kier alpha value is -9.95. The van der Waals surface area contributed by atoms with Crippen LogP contribution in [0.15, 0.2) is 93.8 Å². The lowest BCUT2D eigenvalue weighted by Gasteiger charge is -2.30. The lowest BCUT2D eigenvalue weighted by atomic mass is 9.81. The molecule has 0 saturated carbocycles. The normalized spacial score (nSPS) is 13.5. The molecule has 0 aliphatic heterocycles. The van der Waals surface area contributed by atoms with Crippen LogP contribution in [0, 0.1) is 5.41 Å². The highest BCUT2D eigenvalue weighted by molar-refractivity contribution is 5.95. The number of urea groups is 1. The van der Waals surface area contributed by atoms with Crippen molar-refractivity contribution in [3.8, 4) is 34.5 Å². The van der Waals surface area contributed by atoms with Crippen molar-refractivity contribution < 1.29 is 93.4 Å². The van der Waals surface area contributed by atoms with Crippen LogP contribution in [-0.2, 0) is 40.0 Å². The molecule has 0 aliphatic rings. The summed E-state index contributed by atoms with van der Waals surface area (Å²) < 4.78 is 16.0. The van der Waals surface area contributed by atoms with Gasteiger partial charge in [-0.25, -0.2) is 14.4 Å². The van der Waals surface area contributed by atoms with Crippen LogP contribution in [0.5, 0.6) is 34.5 Å². The Morgan fingerprint density at radius 3 is 1.38 bits per heavy atom. The molecule has 0 saturated heterocycles. The predicted molar refractivity (Wildman–Crippen MR) is 296 cm³/mol. The van der Waals surface area contributed by atoms with E-state index in [1.165, 1.54) is 58.2 Å². The number of unbranched alkanes of at least 4 members (excludes halogenated alkanes) is 1. The van der Waals surface area contributed by atoms with Gasteiger partial charge in [-0.05, 0) is 104 Å². The van der Waals surface area contributed by atoms with E-state index in [9.17, 15) is 74.1 Å². The average Bonchev–Trinajstić information content (AvgIpc) is 3.48. The number of phenols is 3. The van der Waals surface area contributed by atoms with Crippen molar-refractivity contribution in [1.82, 2.24) is 21.3 Å². The predicted octanol–water partition coefficient (Wildman–Crippen LogP) is 3.29. The number of nitrogens with zero attached hydrogens (tertiary/aromatic N) is 3. The Morgan fingerprint density at radius 1 is 0.524 bits per heavy atom. The van der Waals surface area contributed by atoms with Gasteiger partial charge in [0.2, 0.25) is 11.8 Å². The third-order valence-corrected chi connectivity index (χ3v) is 12.3. The second-order valence-electron chi connectivity index (χ2n) is 18.6. The Morgan fingerprint density at radius 2 is 0.963 bits per heavy atom. The van der Waals surface area contributed by atoms with E-state index < -0.39 is 103 Å². The zero-order valence-corrected chi connectivity index (χ0v) is 44.9. The molecular weight excluding hydrogens is 1080 g/mol. The van der Waals surface area contributed by atoms with Crippen molar-refractivity contribution in [2.24, 2.45) is 20.4 Å². The molecule has 82 heavy (non-hydrogen) atoms. The summed E-state index contributed by atoms with van der Waals surface area (Å²) in [5.74, 6) is -8.08. The fraction of sp³-hybridized carbons (Fsp3) is 0.364. The Balaban J connectivity index is 1.55. The van der Waals surface area contributed by atoms with E-state index in [-0.39, 0.29) is 74.8 Å². The van der Waals surface area contributed by atoms with Crippen LogP contribution in [0.3, 0.4) is 0 Å². The van der Waals surface area contributed by atoms with Gasteiger partial charge >= 0.3 is 35.9 Å². The van der Waals surface area contributed by atoms with Crippen LogP contribution in [0.4, 0.5) is 10.5 Å². The molecule has 0 radical (unpaired) electrons. The molecule has 0 bridgehead atoms. The third-order valence-electron chi connectivity index (χ3n) is 12.3. The molecule has 0 fully saturated rings. The van der Waals surface area contributed by atoms with E-state index in [1.54, 1.807) is 60.7 Å². The zero-order chi connectivity index (χ0) is 60.4. The largest absolute Gasteiger partial charge is 0.507 e. The number of hydrogen-bond donors (Lipinski definition) is 13. The summed E-state index contributed by atoms with van der Waals surface area (Å²) in [6, 6.07) is 12.8. The molecule has 4 aromatic rings.